The van der Waals surface area contributed by atoms with Gasteiger partial charge in [-0.1, -0.05) is 43.7 Å². The topological polar surface area (TPSA) is 126 Å². The van der Waals surface area contributed by atoms with Crippen molar-refractivity contribution in [2.45, 2.75) is 43.5 Å². The minimum absolute atomic E-state index is 0.0152. The molecule has 9 nitrogen and oxygen atoms in total. The van der Waals surface area contributed by atoms with Crippen LogP contribution >= 0.6 is 0 Å². The van der Waals surface area contributed by atoms with Crippen LogP contribution in [-0.4, -0.2) is 50.3 Å². The maximum atomic E-state index is 13.6. The van der Waals surface area contributed by atoms with Gasteiger partial charge < -0.3 is 20.0 Å². The SMILES string of the molecule is CC[C@H]1Cc2ccccc2[S+]([O-])N(Cc2cccc(-n3ncc(C(=O)OC)c3[C@@H]3CC3/C(N)=C/N(C)N)c2)C1. The smallest absolute Gasteiger partial charge is 0.341 e. The number of hydrogen-bond donors (Lipinski definition) is 2. The van der Waals surface area contributed by atoms with Gasteiger partial charge >= 0.3 is 5.97 Å². The number of hydrogen-bond acceptors (Lipinski definition) is 8. The molecule has 4 N–H and O–H groups in total. The summed E-state index contributed by atoms with van der Waals surface area (Å²) in [6, 6.07) is 16.1. The zero-order valence-electron chi connectivity index (χ0n) is 22.6. The monoisotopic (exact) mass is 548 g/mol. The molecule has 2 heterocycles. The molecule has 2 aliphatic rings. The molecule has 2 unspecified atom stereocenters. The zero-order chi connectivity index (χ0) is 27.7. The lowest BCUT2D eigenvalue weighted by Crippen LogP contribution is -2.33. The average Bonchev–Trinajstić information content (AvgIpc) is 3.63. The average molecular weight is 549 g/mol. The van der Waals surface area contributed by atoms with E-state index >= 15 is 0 Å². The van der Waals surface area contributed by atoms with E-state index < -0.39 is 17.3 Å². The molecule has 206 valence electrons. The zero-order valence-corrected chi connectivity index (χ0v) is 23.4. The molecular weight excluding hydrogens is 512 g/mol. The highest BCUT2D eigenvalue weighted by molar-refractivity contribution is 7.89. The Morgan fingerprint density at radius 3 is 2.82 bits per heavy atom. The molecule has 1 fully saturated rings. The number of aromatic nitrogens is 2. The van der Waals surface area contributed by atoms with E-state index in [0.717, 1.165) is 47.6 Å². The molecule has 0 amide bonds. The molecule has 0 saturated heterocycles. The number of nitrogens with zero attached hydrogens (tertiary/aromatic N) is 4. The van der Waals surface area contributed by atoms with Crippen molar-refractivity contribution in [2.75, 3.05) is 20.7 Å². The molecule has 1 aliphatic carbocycles. The van der Waals surface area contributed by atoms with Crippen LogP contribution in [0, 0.1) is 11.8 Å². The third-order valence-corrected chi connectivity index (χ3v) is 9.11. The maximum absolute atomic E-state index is 13.6. The fourth-order valence-electron chi connectivity index (χ4n) is 5.48. The summed E-state index contributed by atoms with van der Waals surface area (Å²) in [5.74, 6) is 5.83. The van der Waals surface area contributed by atoms with Gasteiger partial charge in [0.25, 0.3) is 0 Å². The summed E-state index contributed by atoms with van der Waals surface area (Å²) >= 11 is -1.25. The van der Waals surface area contributed by atoms with Crippen LogP contribution in [0.5, 0.6) is 0 Å². The number of esters is 1. The summed E-state index contributed by atoms with van der Waals surface area (Å²) in [6.07, 6.45) is 6.00. The molecule has 0 spiro atoms. The van der Waals surface area contributed by atoms with Crippen molar-refractivity contribution in [1.82, 2.24) is 19.1 Å². The van der Waals surface area contributed by atoms with E-state index in [-0.39, 0.29) is 11.8 Å². The number of nitrogens with two attached hydrogens (primary N) is 2. The van der Waals surface area contributed by atoms with Gasteiger partial charge in [-0.3, -0.25) is 0 Å². The first-order chi connectivity index (χ1) is 18.8. The van der Waals surface area contributed by atoms with E-state index in [1.54, 1.807) is 19.4 Å². The maximum Gasteiger partial charge on any atom is 0.341 e. The lowest BCUT2D eigenvalue weighted by Gasteiger charge is -2.24. The van der Waals surface area contributed by atoms with Crippen LogP contribution in [0.3, 0.4) is 0 Å². The Hall–Kier alpha value is -3.31. The molecule has 4 atom stereocenters. The van der Waals surface area contributed by atoms with Crippen LogP contribution in [0.25, 0.3) is 5.69 Å². The molecule has 1 aromatic heterocycles. The highest BCUT2D eigenvalue weighted by atomic mass is 32.2. The molecule has 0 bridgehead atoms. The normalized spacial score (nSPS) is 23.2. The second-order valence-electron chi connectivity index (χ2n) is 10.4. The van der Waals surface area contributed by atoms with Gasteiger partial charge in [0, 0.05) is 42.9 Å². The first-order valence-corrected chi connectivity index (χ1v) is 14.4. The predicted molar refractivity (Wildman–Crippen MR) is 151 cm³/mol. The minimum atomic E-state index is -1.25. The number of benzene rings is 2. The Labute approximate surface area is 232 Å². The first-order valence-electron chi connectivity index (χ1n) is 13.3. The highest BCUT2D eigenvalue weighted by Gasteiger charge is 2.45. The van der Waals surface area contributed by atoms with Crippen molar-refractivity contribution < 1.29 is 14.1 Å². The predicted octanol–water partition coefficient (Wildman–Crippen LogP) is 3.48. The number of ether oxygens (including phenoxy) is 1. The molecule has 10 heteroatoms. The molecule has 39 heavy (non-hydrogen) atoms. The van der Waals surface area contributed by atoms with E-state index in [0.29, 0.717) is 23.7 Å². The Balaban J connectivity index is 1.45. The summed E-state index contributed by atoms with van der Waals surface area (Å²) in [4.78, 5) is 13.5. The standard InChI is InChI=1S/C29H36N6O3S/c1-4-19-12-21-9-5-6-11-27(21)39(37)34(16-19)17-20-8-7-10-22(13-20)35-28(25(15-32-35)29(36)38-3)24-14-23(24)26(30)18-33(2)31/h5-11,13,15,18-19,23-24H,4,12,14,16-17,30-31H2,1-3H3/b26-18-/t19-,23?,24+,39?/m0/s1. The van der Waals surface area contributed by atoms with E-state index in [2.05, 4.69) is 28.5 Å². The summed E-state index contributed by atoms with van der Waals surface area (Å²) in [5, 5.41) is 6.02. The summed E-state index contributed by atoms with van der Waals surface area (Å²) in [7, 11) is 3.09. The molecule has 0 radical (unpaired) electrons. The fourth-order valence-corrected chi connectivity index (χ4v) is 6.95. The number of carbonyl (C=O) groups excluding carboxylic acids is 1. The molecule has 1 saturated carbocycles. The largest absolute Gasteiger partial charge is 0.593 e. The van der Waals surface area contributed by atoms with E-state index in [1.807, 2.05) is 41.1 Å². The second-order valence-corrected chi connectivity index (χ2v) is 11.9. The van der Waals surface area contributed by atoms with Gasteiger partial charge in [0.1, 0.15) is 5.56 Å². The summed E-state index contributed by atoms with van der Waals surface area (Å²) in [6.45, 7) is 3.49. The number of fused-ring (bicyclic) bond motifs is 1. The molecular formula is C29H36N6O3S. The number of carbonyl (C=O) groups is 1. The van der Waals surface area contributed by atoms with Crippen molar-refractivity contribution in [1.29, 1.82) is 0 Å². The Morgan fingerprint density at radius 1 is 1.28 bits per heavy atom. The molecule has 3 aromatic rings. The van der Waals surface area contributed by atoms with Crippen molar-refractivity contribution in [3.05, 3.63) is 89.0 Å². The fraction of sp³-hybridized carbons (Fsp3) is 0.379. The third kappa shape index (κ3) is 5.69. The van der Waals surface area contributed by atoms with Crippen LogP contribution in [0.4, 0.5) is 0 Å². The van der Waals surface area contributed by atoms with Crippen LogP contribution in [0.15, 0.2) is 71.5 Å². The van der Waals surface area contributed by atoms with Crippen molar-refractivity contribution in [2.24, 2.45) is 23.4 Å². The van der Waals surface area contributed by atoms with Crippen molar-refractivity contribution >= 4 is 17.3 Å². The van der Waals surface area contributed by atoms with Gasteiger partial charge in [0.05, 0.1) is 42.6 Å². The highest BCUT2D eigenvalue weighted by Crippen LogP contribution is 2.52. The third-order valence-electron chi connectivity index (χ3n) is 7.59. The quantitative estimate of drug-likeness (QED) is 0.190. The lowest BCUT2D eigenvalue weighted by molar-refractivity contribution is 0.0599. The van der Waals surface area contributed by atoms with Gasteiger partial charge in [-0.2, -0.15) is 5.10 Å². The molecule has 5 rings (SSSR count). The Kier molecular flexibility index (Phi) is 7.99. The van der Waals surface area contributed by atoms with Crippen LogP contribution in [-0.2, 0) is 29.1 Å². The van der Waals surface area contributed by atoms with E-state index in [1.165, 1.54) is 17.7 Å². The van der Waals surface area contributed by atoms with Crippen molar-refractivity contribution in [3.63, 3.8) is 0 Å². The van der Waals surface area contributed by atoms with Gasteiger partial charge in [0.2, 0.25) is 0 Å². The van der Waals surface area contributed by atoms with Gasteiger partial charge in [0.15, 0.2) is 4.90 Å². The van der Waals surface area contributed by atoms with Gasteiger partial charge in [-0.05, 0) is 42.5 Å². The number of allylic oxidation sites excluding steroid dienone is 1. The molecule has 2 aromatic carbocycles. The second kappa shape index (κ2) is 11.4. The van der Waals surface area contributed by atoms with Crippen LogP contribution in [0.2, 0.25) is 0 Å². The number of rotatable bonds is 8. The van der Waals surface area contributed by atoms with Gasteiger partial charge in [-0.25, -0.2) is 15.3 Å². The lowest BCUT2D eigenvalue weighted by atomic mass is 9.97. The van der Waals surface area contributed by atoms with Crippen LogP contribution < -0.4 is 11.6 Å². The molecule has 1 aliphatic heterocycles. The Morgan fingerprint density at radius 2 is 2.08 bits per heavy atom. The summed E-state index contributed by atoms with van der Waals surface area (Å²) < 4.78 is 22.6. The van der Waals surface area contributed by atoms with E-state index in [9.17, 15) is 9.35 Å². The summed E-state index contributed by atoms with van der Waals surface area (Å²) in [5.41, 5.74) is 11.2. The van der Waals surface area contributed by atoms with Gasteiger partial charge in [-0.15, -0.1) is 4.31 Å². The van der Waals surface area contributed by atoms with Crippen LogP contribution in [0.1, 0.15) is 52.9 Å². The Bertz CT molecular complexity index is 1370. The number of hydrazine groups is 1. The van der Waals surface area contributed by atoms with Crippen molar-refractivity contribution in [3.8, 4) is 5.69 Å². The minimum Gasteiger partial charge on any atom is -0.593 e. The number of methoxy groups -OCH3 is 1. The van der Waals surface area contributed by atoms with E-state index in [4.69, 9.17) is 16.3 Å². The first kappa shape index (κ1) is 27.3.